The van der Waals surface area contributed by atoms with E-state index < -0.39 is 0 Å². The van der Waals surface area contributed by atoms with Crippen molar-refractivity contribution in [1.29, 1.82) is 0 Å². The number of rotatable bonds is 5. The molecule has 12 rings (SSSR count). The number of furan rings is 1. The van der Waals surface area contributed by atoms with Crippen LogP contribution in [0.25, 0.3) is 111 Å². The van der Waals surface area contributed by atoms with E-state index in [2.05, 4.69) is 167 Å². The lowest BCUT2D eigenvalue weighted by Gasteiger charge is -2.12. The van der Waals surface area contributed by atoms with Gasteiger partial charge in [-0.3, -0.25) is 0 Å². The fourth-order valence-corrected chi connectivity index (χ4v) is 8.71. The highest BCUT2D eigenvalue weighted by molar-refractivity contribution is 6.19. The first-order valence-corrected chi connectivity index (χ1v) is 19.2. The molecule has 5 heteroatoms. The molecule has 0 aliphatic heterocycles. The van der Waals surface area contributed by atoms with Gasteiger partial charge in [-0.15, -0.1) is 0 Å². The van der Waals surface area contributed by atoms with Crippen molar-refractivity contribution in [2.24, 2.45) is 0 Å². The molecule has 0 N–H and O–H groups in total. The quantitative estimate of drug-likeness (QED) is 0.177. The zero-order valence-corrected chi connectivity index (χ0v) is 30.7. The van der Waals surface area contributed by atoms with Crippen molar-refractivity contribution in [3.05, 3.63) is 194 Å². The number of hydrogen-bond donors (Lipinski definition) is 0. The summed E-state index contributed by atoms with van der Waals surface area (Å²) in [7, 11) is 0. The monoisotopic (exact) mass is 728 g/mol. The first-order chi connectivity index (χ1) is 28.2. The number of fused-ring (bicyclic) bond motifs is 9. The highest BCUT2D eigenvalue weighted by atomic mass is 16.3. The largest absolute Gasteiger partial charge is 0.456 e. The van der Waals surface area contributed by atoms with E-state index in [1.165, 1.54) is 32.6 Å². The highest BCUT2D eigenvalue weighted by Gasteiger charge is 2.19. The van der Waals surface area contributed by atoms with E-state index in [1.807, 2.05) is 36.4 Å². The van der Waals surface area contributed by atoms with Crippen LogP contribution in [0.2, 0.25) is 0 Å². The average molecular weight is 729 g/mol. The minimum atomic E-state index is 0.659. The molecule has 0 aliphatic carbocycles. The Morgan fingerprint density at radius 1 is 0.316 bits per heavy atom. The van der Waals surface area contributed by atoms with Crippen LogP contribution in [0.15, 0.2) is 199 Å². The molecule has 8 aromatic carbocycles. The summed E-state index contributed by atoms with van der Waals surface area (Å²) in [6.45, 7) is 0. The first kappa shape index (κ1) is 31.6. The van der Waals surface area contributed by atoms with Crippen LogP contribution in [0.4, 0.5) is 0 Å². The normalized spacial score (nSPS) is 11.9. The van der Waals surface area contributed by atoms with Crippen molar-refractivity contribution in [3.63, 3.8) is 0 Å². The third-order valence-electron chi connectivity index (χ3n) is 11.3. The van der Waals surface area contributed by atoms with Gasteiger partial charge in [-0.1, -0.05) is 121 Å². The maximum Gasteiger partial charge on any atom is 0.160 e. The van der Waals surface area contributed by atoms with E-state index in [1.54, 1.807) is 0 Å². The Bertz CT molecular complexity index is 3520. The lowest BCUT2D eigenvalue weighted by atomic mass is 10.0. The van der Waals surface area contributed by atoms with Gasteiger partial charge in [0.25, 0.3) is 0 Å². The molecule has 0 saturated heterocycles. The van der Waals surface area contributed by atoms with Crippen molar-refractivity contribution < 1.29 is 4.42 Å². The Kier molecular flexibility index (Phi) is 6.86. The average Bonchev–Trinajstić information content (AvgIpc) is 3.93. The zero-order valence-electron chi connectivity index (χ0n) is 30.7. The lowest BCUT2D eigenvalue weighted by molar-refractivity contribution is 0.669. The number of nitrogens with zero attached hydrogens (tertiary/aromatic N) is 4. The Morgan fingerprint density at radius 3 is 1.58 bits per heavy atom. The van der Waals surface area contributed by atoms with Gasteiger partial charge in [0.2, 0.25) is 0 Å². The van der Waals surface area contributed by atoms with E-state index in [-0.39, 0.29) is 0 Å². The van der Waals surface area contributed by atoms with Gasteiger partial charge in [0.15, 0.2) is 5.82 Å². The van der Waals surface area contributed by atoms with Gasteiger partial charge in [-0.05, 0) is 72.8 Å². The fourth-order valence-electron chi connectivity index (χ4n) is 8.71. The summed E-state index contributed by atoms with van der Waals surface area (Å²) < 4.78 is 11.1. The van der Waals surface area contributed by atoms with Crippen LogP contribution >= 0.6 is 0 Å². The predicted molar refractivity (Wildman–Crippen MR) is 234 cm³/mol. The molecular weight excluding hydrogens is 697 g/mol. The summed E-state index contributed by atoms with van der Waals surface area (Å²) >= 11 is 0. The van der Waals surface area contributed by atoms with E-state index in [4.69, 9.17) is 14.4 Å². The summed E-state index contributed by atoms with van der Waals surface area (Å²) in [6.07, 6.45) is 0. The lowest BCUT2D eigenvalue weighted by Crippen LogP contribution is -1.98. The number of benzene rings is 8. The van der Waals surface area contributed by atoms with Crippen LogP contribution < -0.4 is 0 Å². The molecule has 12 aromatic rings. The highest BCUT2D eigenvalue weighted by Crippen LogP contribution is 2.40. The van der Waals surface area contributed by atoms with Crippen molar-refractivity contribution >= 4 is 65.6 Å². The maximum atomic E-state index is 6.30. The van der Waals surface area contributed by atoms with E-state index in [0.29, 0.717) is 5.82 Å². The van der Waals surface area contributed by atoms with Crippen LogP contribution in [0.3, 0.4) is 0 Å². The third kappa shape index (κ3) is 4.96. The zero-order chi connectivity index (χ0) is 37.5. The van der Waals surface area contributed by atoms with Crippen LogP contribution in [0.5, 0.6) is 0 Å². The predicted octanol–water partition coefficient (Wildman–Crippen LogP) is 13.6. The third-order valence-corrected chi connectivity index (χ3v) is 11.3. The molecule has 0 amide bonds. The molecule has 266 valence electrons. The van der Waals surface area contributed by atoms with Gasteiger partial charge < -0.3 is 13.6 Å². The molecular formula is C52H32N4O. The van der Waals surface area contributed by atoms with Crippen LogP contribution in [-0.2, 0) is 0 Å². The topological polar surface area (TPSA) is 48.8 Å². The van der Waals surface area contributed by atoms with E-state index in [0.717, 1.165) is 72.4 Å². The molecule has 4 heterocycles. The molecule has 5 nitrogen and oxygen atoms in total. The Morgan fingerprint density at radius 2 is 0.860 bits per heavy atom. The molecule has 0 bridgehead atoms. The van der Waals surface area contributed by atoms with Gasteiger partial charge in [0, 0.05) is 60.4 Å². The van der Waals surface area contributed by atoms with E-state index >= 15 is 0 Å². The van der Waals surface area contributed by atoms with Crippen LogP contribution in [-0.4, -0.2) is 19.1 Å². The second-order valence-electron chi connectivity index (χ2n) is 14.6. The molecule has 0 spiro atoms. The molecule has 0 aliphatic rings. The summed E-state index contributed by atoms with van der Waals surface area (Å²) in [4.78, 5) is 10.5. The fraction of sp³-hybridized carbons (Fsp3) is 0. The maximum absolute atomic E-state index is 6.30. The number of para-hydroxylation sites is 4. The van der Waals surface area contributed by atoms with Gasteiger partial charge in [0.05, 0.1) is 33.5 Å². The van der Waals surface area contributed by atoms with Crippen molar-refractivity contribution in [3.8, 4) is 45.3 Å². The van der Waals surface area contributed by atoms with Gasteiger partial charge in [-0.25, -0.2) is 9.97 Å². The molecule has 0 saturated carbocycles. The van der Waals surface area contributed by atoms with Gasteiger partial charge in [0.1, 0.15) is 11.2 Å². The first-order valence-electron chi connectivity index (χ1n) is 19.2. The Balaban J connectivity index is 1.06. The summed E-state index contributed by atoms with van der Waals surface area (Å²) in [6, 6.07) is 68.4. The van der Waals surface area contributed by atoms with Crippen LogP contribution in [0, 0.1) is 0 Å². The molecule has 0 unspecified atom stereocenters. The summed E-state index contributed by atoms with van der Waals surface area (Å²) in [5, 5.41) is 7.05. The SMILES string of the molecule is c1ccc(-c2cc(-c3ccc4c(c3)oc3ccccc34)nc(-c3cccc(-n4c5ccccc5c5cc6c(cc54)c4ccccc4n6-c4ccccc4)c3)n2)cc1. The Labute approximate surface area is 327 Å². The molecule has 0 radical (unpaired) electrons. The van der Waals surface area contributed by atoms with Crippen molar-refractivity contribution in [2.75, 3.05) is 0 Å². The summed E-state index contributed by atoms with van der Waals surface area (Å²) in [5.74, 6) is 0.659. The molecule has 57 heavy (non-hydrogen) atoms. The molecule has 0 fully saturated rings. The molecule has 4 aromatic heterocycles. The minimum Gasteiger partial charge on any atom is -0.456 e. The minimum absolute atomic E-state index is 0.659. The second kappa shape index (κ2) is 12.4. The van der Waals surface area contributed by atoms with Crippen molar-refractivity contribution in [2.45, 2.75) is 0 Å². The van der Waals surface area contributed by atoms with Crippen LogP contribution in [0.1, 0.15) is 0 Å². The number of hydrogen-bond acceptors (Lipinski definition) is 3. The standard InChI is InChI=1S/C52H32N4O/c1-3-14-33(15-4-1)44-32-45(34-26-27-41-40-22-9-12-25-50(40)57-51(41)29-34)54-52(53-44)35-16-13-19-37(28-35)56-47-24-11-8-21-39(47)43-30-48-42(31-49(43)56)38-20-7-10-23-46(38)55(48)36-17-5-2-6-18-36/h1-32H. The number of aromatic nitrogens is 4. The summed E-state index contributed by atoms with van der Waals surface area (Å²) in [5.41, 5.74) is 13.2. The molecule has 0 atom stereocenters. The second-order valence-corrected chi connectivity index (χ2v) is 14.6. The van der Waals surface area contributed by atoms with Crippen molar-refractivity contribution in [1.82, 2.24) is 19.1 Å². The van der Waals surface area contributed by atoms with Gasteiger partial charge in [-0.2, -0.15) is 0 Å². The van der Waals surface area contributed by atoms with E-state index in [9.17, 15) is 0 Å². The van der Waals surface area contributed by atoms with Gasteiger partial charge >= 0.3 is 0 Å². The Hall–Kier alpha value is -7.76. The smallest absolute Gasteiger partial charge is 0.160 e.